The van der Waals surface area contributed by atoms with Crippen LogP contribution in [0.5, 0.6) is 11.5 Å². The number of carbonyl (C=O) groups excluding carboxylic acids is 1. The molecule has 5 rings (SSSR count). The molecule has 0 spiro atoms. The van der Waals surface area contributed by atoms with Crippen LogP contribution in [0.2, 0.25) is 0 Å². The van der Waals surface area contributed by atoms with Crippen LogP contribution in [0.4, 0.5) is 10.1 Å². The van der Waals surface area contributed by atoms with E-state index >= 15 is 0 Å². The number of nitrogens with zero attached hydrogens (tertiary/aromatic N) is 4. The molecular formula is C27H25FN4O4. The van der Waals surface area contributed by atoms with E-state index in [4.69, 9.17) is 14.0 Å². The summed E-state index contributed by atoms with van der Waals surface area (Å²) in [6, 6.07) is 21.4. The molecule has 3 aromatic carbocycles. The Hall–Kier alpha value is -4.40. The number of amides is 1. The quantitative estimate of drug-likeness (QED) is 0.384. The van der Waals surface area contributed by atoms with Gasteiger partial charge in [-0.2, -0.15) is 4.98 Å². The Morgan fingerprint density at radius 2 is 1.69 bits per heavy atom. The van der Waals surface area contributed by atoms with Crippen molar-refractivity contribution in [3.63, 3.8) is 0 Å². The number of carbonyl (C=O) groups is 1. The van der Waals surface area contributed by atoms with Crippen molar-refractivity contribution in [2.45, 2.75) is 0 Å². The molecule has 1 aromatic heterocycles. The lowest BCUT2D eigenvalue weighted by atomic mass is 10.2. The maximum atomic E-state index is 14.1. The Balaban J connectivity index is 1.20. The number of methoxy groups -OCH3 is 1. The summed E-state index contributed by atoms with van der Waals surface area (Å²) in [6.45, 7) is 1.97. The first-order valence-corrected chi connectivity index (χ1v) is 11.6. The van der Waals surface area contributed by atoms with Gasteiger partial charge in [-0.3, -0.25) is 4.79 Å². The third kappa shape index (κ3) is 5.00. The second-order valence-electron chi connectivity index (χ2n) is 8.26. The zero-order chi connectivity index (χ0) is 24.9. The number of anilines is 1. The van der Waals surface area contributed by atoms with Gasteiger partial charge >= 0.3 is 0 Å². The van der Waals surface area contributed by atoms with Crippen LogP contribution in [-0.2, 0) is 4.79 Å². The van der Waals surface area contributed by atoms with Crippen molar-refractivity contribution in [2.75, 3.05) is 44.8 Å². The van der Waals surface area contributed by atoms with Crippen molar-refractivity contribution in [1.29, 1.82) is 0 Å². The first kappa shape index (κ1) is 23.3. The van der Waals surface area contributed by atoms with Crippen LogP contribution in [0.1, 0.15) is 0 Å². The van der Waals surface area contributed by atoms with Crippen LogP contribution in [0.15, 0.2) is 77.3 Å². The summed E-state index contributed by atoms with van der Waals surface area (Å²) < 4.78 is 30.7. The maximum Gasteiger partial charge on any atom is 0.260 e. The monoisotopic (exact) mass is 488 g/mol. The SMILES string of the molecule is COc1cc(-c2noc(-c3ccccc3)n2)ccc1OCC(=O)N1CCN(c2ccccc2F)CC1. The molecule has 2 heterocycles. The summed E-state index contributed by atoms with van der Waals surface area (Å²) >= 11 is 0. The molecule has 8 nitrogen and oxygen atoms in total. The van der Waals surface area contributed by atoms with E-state index in [0.717, 1.165) is 5.56 Å². The highest BCUT2D eigenvalue weighted by molar-refractivity contribution is 5.78. The Kier molecular flexibility index (Phi) is 6.79. The standard InChI is InChI=1S/C27H25FN4O4/c1-34-24-17-20(26-29-27(36-30-26)19-7-3-2-4-8-19)11-12-23(24)35-18-25(33)32-15-13-31(14-16-32)22-10-6-5-9-21(22)28/h2-12,17H,13-16,18H2,1H3. The van der Waals surface area contributed by atoms with Gasteiger partial charge < -0.3 is 23.8 Å². The van der Waals surface area contributed by atoms with E-state index in [1.807, 2.05) is 41.3 Å². The Bertz CT molecular complexity index is 1340. The Labute approximate surface area is 207 Å². The minimum atomic E-state index is -0.256. The van der Waals surface area contributed by atoms with Gasteiger partial charge in [-0.05, 0) is 42.5 Å². The molecule has 4 aromatic rings. The molecule has 0 saturated carbocycles. The molecule has 36 heavy (non-hydrogen) atoms. The van der Waals surface area contributed by atoms with Crippen molar-refractivity contribution in [1.82, 2.24) is 15.0 Å². The number of hydrogen-bond donors (Lipinski definition) is 0. The Morgan fingerprint density at radius 1 is 0.944 bits per heavy atom. The van der Waals surface area contributed by atoms with Crippen molar-refractivity contribution < 1.29 is 23.2 Å². The fourth-order valence-electron chi connectivity index (χ4n) is 4.10. The molecular weight excluding hydrogens is 463 g/mol. The molecule has 1 amide bonds. The van der Waals surface area contributed by atoms with Crippen LogP contribution < -0.4 is 14.4 Å². The van der Waals surface area contributed by atoms with Gasteiger partial charge in [-0.25, -0.2) is 4.39 Å². The first-order valence-electron chi connectivity index (χ1n) is 11.6. The highest BCUT2D eigenvalue weighted by Gasteiger charge is 2.23. The molecule has 0 radical (unpaired) electrons. The molecule has 9 heteroatoms. The number of halogens is 1. The van der Waals surface area contributed by atoms with E-state index in [9.17, 15) is 9.18 Å². The van der Waals surface area contributed by atoms with E-state index in [1.54, 1.807) is 35.2 Å². The number of hydrogen-bond acceptors (Lipinski definition) is 7. The van der Waals surface area contributed by atoms with Crippen molar-refractivity contribution in [2.24, 2.45) is 0 Å². The van der Waals surface area contributed by atoms with Gasteiger partial charge in [0.05, 0.1) is 12.8 Å². The zero-order valence-corrected chi connectivity index (χ0v) is 19.8. The fraction of sp³-hybridized carbons (Fsp3) is 0.222. The molecule has 184 valence electrons. The number of ether oxygens (including phenoxy) is 2. The molecule has 0 atom stereocenters. The summed E-state index contributed by atoms with van der Waals surface area (Å²) in [6.07, 6.45) is 0. The number of benzene rings is 3. The van der Waals surface area contributed by atoms with Crippen LogP contribution >= 0.6 is 0 Å². The lowest BCUT2D eigenvalue weighted by Crippen LogP contribution is -2.50. The van der Waals surface area contributed by atoms with Gasteiger partial charge in [0.25, 0.3) is 11.8 Å². The van der Waals surface area contributed by atoms with Gasteiger partial charge in [-0.1, -0.05) is 35.5 Å². The lowest BCUT2D eigenvalue weighted by molar-refractivity contribution is -0.133. The van der Waals surface area contributed by atoms with Gasteiger partial charge in [0.15, 0.2) is 18.1 Å². The first-order chi connectivity index (χ1) is 17.6. The summed E-state index contributed by atoms with van der Waals surface area (Å²) in [5, 5.41) is 4.07. The smallest absolute Gasteiger partial charge is 0.260 e. The van der Waals surface area contributed by atoms with Crippen LogP contribution in [0.25, 0.3) is 22.8 Å². The predicted molar refractivity (Wildman–Crippen MR) is 132 cm³/mol. The summed E-state index contributed by atoms with van der Waals surface area (Å²) in [5.74, 6) is 1.34. The van der Waals surface area contributed by atoms with Crippen molar-refractivity contribution in [3.8, 4) is 34.3 Å². The van der Waals surface area contributed by atoms with E-state index in [1.165, 1.54) is 13.2 Å². The molecule has 0 aliphatic carbocycles. The van der Waals surface area contributed by atoms with E-state index in [0.29, 0.717) is 60.6 Å². The molecule has 0 unspecified atom stereocenters. The Morgan fingerprint density at radius 3 is 2.44 bits per heavy atom. The number of piperazine rings is 1. The zero-order valence-electron chi connectivity index (χ0n) is 19.8. The molecule has 0 N–H and O–H groups in total. The minimum absolute atomic E-state index is 0.129. The fourth-order valence-corrected chi connectivity index (χ4v) is 4.10. The normalized spacial score (nSPS) is 13.5. The van der Waals surface area contributed by atoms with Gasteiger partial charge in [0, 0.05) is 37.3 Å². The second kappa shape index (κ2) is 10.5. The third-order valence-electron chi connectivity index (χ3n) is 6.05. The second-order valence-corrected chi connectivity index (χ2v) is 8.26. The number of aromatic nitrogens is 2. The van der Waals surface area contributed by atoms with Crippen LogP contribution in [0, 0.1) is 5.82 Å². The molecule has 1 saturated heterocycles. The summed E-state index contributed by atoms with van der Waals surface area (Å²) in [4.78, 5) is 20.9. The van der Waals surface area contributed by atoms with Gasteiger partial charge in [0.1, 0.15) is 5.82 Å². The van der Waals surface area contributed by atoms with Crippen molar-refractivity contribution in [3.05, 3.63) is 78.6 Å². The van der Waals surface area contributed by atoms with Gasteiger partial charge in [0.2, 0.25) is 5.82 Å². The number of rotatable bonds is 7. The molecule has 1 aliphatic rings. The highest BCUT2D eigenvalue weighted by Crippen LogP contribution is 2.32. The maximum absolute atomic E-state index is 14.1. The molecule has 0 bridgehead atoms. The van der Waals surface area contributed by atoms with E-state index in [-0.39, 0.29) is 18.3 Å². The average molecular weight is 489 g/mol. The van der Waals surface area contributed by atoms with E-state index < -0.39 is 0 Å². The summed E-state index contributed by atoms with van der Waals surface area (Å²) in [7, 11) is 1.53. The van der Waals surface area contributed by atoms with Gasteiger partial charge in [-0.15, -0.1) is 0 Å². The van der Waals surface area contributed by atoms with Crippen LogP contribution in [0.3, 0.4) is 0 Å². The number of para-hydroxylation sites is 1. The largest absolute Gasteiger partial charge is 0.493 e. The lowest BCUT2D eigenvalue weighted by Gasteiger charge is -2.36. The highest BCUT2D eigenvalue weighted by atomic mass is 19.1. The molecule has 1 fully saturated rings. The van der Waals surface area contributed by atoms with Crippen LogP contribution in [-0.4, -0.2) is 60.8 Å². The average Bonchev–Trinajstić information content (AvgIpc) is 3.43. The molecule has 1 aliphatic heterocycles. The van der Waals surface area contributed by atoms with E-state index in [2.05, 4.69) is 10.1 Å². The predicted octanol–water partition coefficient (Wildman–Crippen LogP) is 4.28. The topological polar surface area (TPSA) is 80.9 Å². The third-order valence-corrected chi connectivity index (χ3v) is 6.05. The minimum Gasteiger partial charge on any atom is -0.493 e. The van der Waals surface area contributed by atoms with Crippen molar-refractivity contribution >= 4 is 11.6 Å². The summed E-state index contributed by atoms with van der Waals surface area (Å²) in [5.41, 5.74) is 2.08.